The summed E-state index contributed by atoms with van der Waals surface area (Å²) < 4.78 is 31.9. The quantitative estimate of drug-likeness (QED) is 0.0343. The summed E-state index contributed by atoms with van der Waals surface area (Å²) in [5.41, 5.74) is 2.90. The number of hydrogen-bond donors (Lipinski definition) is 3. The van der Waals surface area contributed by atoms with Crippen LogP contribution in [-0.4, -0.2) is 115 Å². The van der Waals surface area contributed by atoms with Gasteiger partial charge in [-0.1, -0.05) is 42.3 Å². The van der Waals surface area contributed by atoms with Crippen LogP contribution in [-0.2, 0) is 19.0 Å². The number of amides is 1. The molecule has 5 rings (SSSR count). The summed E-state index contributed by atoms with van der Waals surface area (Å²) in [5.74, 6) is -0.558. The number of fused-ring (bicyclic) bond motifs is 2. The Kier molecular flexibility index (Phi) is 17.2. The molecule has 2 aromatic rings. The number of oxime groups is 1. The van der Waals surface area contributed by atoms with Gasteiger partial charge in [0.05, 0.1) is 43.9 Å². The number of aldehydes is 1. The second kappa shape index (κ2) is 22.2. The number of allylic oxidation sites excluding steroid dienone is 1. The Balaban J connectivity index is 1.76. The Morgan fingerprint density at radius 3 is 2.54 bits per heavy atom. The van der Waals surface area contributed by atoms with Crippen molar-refractivity contribution in [3.05, 3.63) is 77.9 Å². The molecule has 14 heteroatoms. The highest BCUT2D eigenvalue weighted by atomic mass is 35.5. The van der Waals surface area contributed by atoms with Gasteiger partial charge < -0.3 is 43.8 Å². The van der Waals surface area contributed by atoms with Crippen LogP contribution in [0.2, 0.25) is 0 Å². The predicted octanol–water partition coefficient (Wildman–Crippen LogP) is 6.63. The van der Waals surface area contributed by atoms with Crippen LogP contribution < -0.4 is 9.47 Å². The van der Waals surface area contributed by atoms with Gasteiger partial charge in [0.2, 0.25) is 5.79 Å². The summed E-state index contributed by atoms with van der Waals surface area (Å²) in [6, 6.07) is 11.8. The van der Waals surface area contributed by atoms with Crippen molar-refractivity contribution in [2.75, 3.05) is 65.3 Å². The third kappa shape index (κ3) is 10.6. The average Bonchev–Trinajstić information content (AvgIpc) is 3.23. The van der Waals surface area contributed by atoms with Crippen molar-refractivity contribution >= 4 is 29.7 Å². The summed E-state index contributed by atoms with van der Waals surface area (Å²) in [6.45, 7) is 6.44. The molecule has 13 nitrogen and oxygen atoms in total. The van der Waals surface area contributed by atoms with Crippen molar-refractivity contribution in [1.82, 2.24) is 4.90 Å². The van der Waals surface area contributed by atoms with Gasteiger partial charge in [0.15, 0.2) is 0 Å². The number of alkyl halides is 1. The van der Waals surface area contributed by atoms with Crippen molar-refractivity contribution in [1.29, 1.82) is 0 Å². The maximum Gasteiger partial charge on any atom is 0.410 e. The van der Waals surface area contributed by atoms with Crippen molar-refractivity contribution in [3.63, 3.8) is 0 Å². The van der Waals surface area contributed by atoms with Gasteiger partial charge >= 0.3 is 6.09 Å². The molecule has 0 unspecified atom stereocenters. The number of rotatable bonds is 24. The maximum atomic E-state index is 14.1. The average molecular weight is 813 g/mol. The van der Waals surface area contributed by atoms with Crippen LogP contribution >= 0.6 is 11.6 Å². The molecule has 0 spiro atoms. The van der Waals surface area contributed by atoms with E-state index in [1.165, 1.54) is 0 Å². The number of unbranched alkanes of at least 4 members (excludes halogenated alkanes) is 2. The van der Waals surface area contributed by atoms with E-state index < -0.39 is 23.8 Å². The zero-order chi connectivity index (χ0) is 40.6. The fourth-order valence-electron chi connectivity index (χ4n) is 8.55. The lowest BCUT2D eigenvalue weighted by Gasteiger charge is -2.59. The minimum Gasteiger partial charge on any atom is -0.459 e. The zero-order valence-corrected chi connectivity index (χ0v) is 33.5. The lowest BCUT2D eigenvalue weighted by molar-refractivity contribution is -0.256. The summed E-state index contributed by atoms with van der Waals surface area (Å²) >= 11 is 5.99. The third-order valence-corrected chi connectivity index (χ3v) is 11.0. The Labute approximate surface area is 340 Å². The summed E-state index contributed by atoms with van der Waals surface area (Å²) in [6.07, 6.45) is 8.63. The van der Waals surface area contributed by atoms with E-state index in [2.05, 4.69) is 12.7 Å². The normalized spacial score (nSPS) is 24.1. The Bertz CT molecular complexity index is 1690. The number of nitrogens with zero attached hydrogens (tertiary/aromatic N) is 2. The number of ether oxygens (including phenoxy) is 5. The number of benzene rings is 2. The van der Waals surface area contributed by atoms with E-state index in [0.717, 1.165) is 43.1 Å². The standard InChI is InChI=1S/C43H57ClN2O11/c1-3-21-54-43-39(46(17-23-52-24-20-49)42(51)53-22-16-44)28-37(45-55-4-2)35-26-31(11-5-7-18-47)34(13-6-8-19-48)40(41(35)43)36-27-33(14-15-38(36)57-43)56-32-12-9-10-30(25-32)29-50/h3,9-10,12,14-15,25-27,29,31,34,39-41,47-49H,1,4-8,11,13,16-24,28H2,2H3/t31-,34+,39-,40+,41+,43+/m0/s1. The van der Waals surface area contributed by atoms with E-state index in [-0.39, 0.29) is 82.8 Å². The molecule has 6 atom stereocenters. The van der Waals surface area contributed by atoms with Crippen LogP contribution in [0.1, 0.15) is 73.7 Å². The summed E-state index contributed by atoms with van der Waals surface area (Å²) in [4.78, 5) is 33.0. The minimum atomic E-state index is -1.49. The van der Waals surface area contributed by atoms with E-state index in [9.17, 15) is 24.9 Å². The summed E-state index contributed by atoms with van der Waals surface area (Å²) in [7, 11) is 0. The van der Waals surface area contributed by atoms with Crippen molar-refractivity contribution in [2.24, 2.45) is 22.9 Å². The first-order valence-electron chi connectivity index (χ1n) is 20.0. The first-order chi connectivity index (χ1) is 27.9. The molecule has 3 N–H and O–H groups in total. The molecule has 0 bridgehead atoms. The molecular weight excluding hydrogens is 756 g/mol. The minimum absolute atomic E-state index is 0.00335. The number of carbonyl (C=O) groups excluding carboxylic acids is 2. The Hall–Kier alpha value is -3.98. The van der Waals surface area contributed by atoms with Gasteiger partial charge in [0, 0.05) is 43.2 Å². The van der Waals surface area contributed by atoms with Gasteiger partial charge in [0.25, 0.3) is 0 Å². The number of carbonyl (C=O) groups is 2. The van der Waals surface area contributed by atoms with Crippen LogP contribution in [0.4, 0.5) is 4.79 Å². The molecule has 3 aliphatic rings. The van der Waals surface area contributed by atoms with E-state index in [1.54, 1.807) is 35.2 Å². The predicted molar refractivity (Wildman–Crippen MR) is 215 cm³/mol. The van der Waals surface area contributed by atoms with Gasteiger partial charge in [-0.3, -0.25) is 9.69 Å². The lowest BCUT2D eigenvalue weighted by Crippen LogP contribution is -2.70. The second-order valence-corrected chi connectivity index (χ2v) is 14.7. The third-order valence-electron chi connectivity index (χ3n) is 10.8. The molecule has 1 fully saturated rings. The van der Waals surface area contributed by atoms with Crippen LogP contribution in [0.5, 0.6) is 17.2 Å². The molecule has 0 aromatic heterocycles. The monoisotopic (exact) mass is 812 g/mol. The van der Waals surface area contributed by atoms with Gasteiger partial charge in [0.1, 0.15) is 42.8 Å². The van der Waals surface area contributed by atoms with E-state index >= 15 is 0 Å². The van der Waals surface area contributed by atoms with E-state index in [4.69, 9.17) is 45.3 Å². The molecule has 312 valence electrons. The number of aliphatic hydroxyl groups excluding tert-OH is 3. The van der Waals surface area contributed by atoms with Crippen LogP contribution in [0, 0.1) is 17.8 Å². The molecule has 1 saturated carbocycles. The van der Waals surface area contributed by atoms with Gasteiger partial charge in [-0.25, -0.2) is 4.79 Å². The summed E-state index contributed by atoms with van der Waals surface area (Å²) in [5, 5.41) is 33.8. The molecule has 0 radical (unpaired) electrons. The van der Waals surface area contributed by atoms with Crippen molar-refractivity contribution < 1.29 is 53.4 Å². The highest BCUT2D eigenvalue weighted by Gasteiger charge is 2.65. The molecule has 57 heavy (non-hydrogen) atoms. The first-order valence-corrected chi connectivity index (χ1v) is 20.5. The van der Waals surface area contributed by atoms with Gasteiger partial charge in [-0.05, 0) is 80.3 Å². The molecule has 1 aliphatic heterocycles. The van der Waals surface area contributed by atoms with Crippen LogP contribution in [0.3, 0.4) is 0 Å². The number of aliphatic hydroxyl groups is 3. The molecule has 1 heterocycles. The maximum absolute atomic E-state index is 14.1. The van der Waals surface area contributed by atoms with Crippen LogP contribution in [0.25, 0.3) is 0 Å². The zero-order valence-electron chi connectivity index (χ0n) is 32.8. The highest BCUT2D eigenvalue weighted by Crippen LogP contribution is 2.62. The van der Waals surface area contributed by atoms with Crippen molar-refractivity contribution in [3.8, 4) is 17.2 Å². The lowest BCUT2D eigenvalue weighted by atomic mass is 9.55. The van der Waals surface area contributed by atoms with Crippen molar-refractivity contribution in [2.45, 2.75) is 69.6 Å². The molecule has 0 saturated heterocycles. The number of halogens is 1. The Morgan fingerprint density at radius 2 is 1.82 bits per heavy atom. The molecule has 2 aromatic carbocycles. The number of hydrogen-bond acceptors (Lipinski definition) is 12. The topological polar surface area (TPSA) is 166 Å². The fraction of sp³-hybridized carbons (Fsp3) is 0.558. The van der Waals surface area contributed by atoms with Gasteiger partial charge in [-0.2, -0.15) is 0 Å². The van der Waals surface area contributed by atoms with Gasteiger partial charge in [-0.15, -0.1) is 18.2 Å². The smallest absolute Gasteiger partial charge is 0.410 e. The molecular formula is C43H57ClN2O11. The largest absolute Gasteiger partial charge is 0.459 e. The first kappa shape index (κ1) is 44.1. The second-order valence-electron chi connectivity index (χ2n) is 14.3. The highest BCUT2D eigenvalue weighted by molar-refractivity contribution is 6.18. The molecule has 1 amide bonds. The van der Waals surface area contributed by atoms with E-state index in [0.29, 0.717) is 48.0 Å². The van der Waals surface area contributed by atoms with Crippen LogP contribution in [0.15, 0.2) is 71.9 Å². The molecule has 2 aliphatic carbocycles. The van der Waals surface area contributed by atoms with E-state index in [1.807, 2.05) is 25.1 Å². The SMILES string of the molecule is C=CCO[C@@]12Oc3ccc(Oc4cccc(C=O)c4)cc3[C@H]3[C@H](CCCCO)[C@@H](CCCCO)C=C(C(=NOCC)C[C@@H]1N(CCOCCO)C(=O)OCCCl)[C@H]32. The fourth-order valence-corrected chi connectivity index (χ4v) is 8.63. The Morgan fingerprint density at radius 1 is 1.04 bits per heavy atom.